The van der Waals surface area contributed by atoms with E-state index < -0.39 is 0 Å². The van der Waals surface area contributed by atoms with Crippen LogP contribution < -0.4 is 5.32 Å². The second-order valence-corrected chi connectivity index (χ2v) is 3.54. The van der Waals surface area contributed by atoms with E-state index in [0.717, 1.165) is 30.0 Å². The number of aromatic nitrogens is 1. The van der Waals surface area contributed by atoms with Gasteiger partial charge in [-0.05, 0) is 11.5 Å². The highest BCUT2D eigenvalue weighted by molar-refractivity contribution is 6.08. The van der Waals surface area contributed by atoms with Gasteiger partial charge in [-0.15, -0.1) is 0 Å². The first-order valence-corrected chi connectivity index (χ1v) is 5.07. The fraction of sp³-hybridized carbons (Fsp3) is 0.167. The summed E-state index contributed by atoms with van der Waals surface area (Å²) in [6.07, 6.45) is 1.83. The van der Waals surface area contributed by atoms with Crippen molar-refractivity contribution < 1.29 is 0 Å². The predicted octanol–water partition coefficient (Wildman–Crippen LogP) is 1.58. The first-order chi connectivity index (χ1) is 7.45. The van der Waals surface area contributed by atoms with Crippen molar-refractivity contribution in [1.29, 1.82) is 0 Å². The first kappa shape index (κ1) is 8.41. The monoisotopic (exact) mass is 197 g/mol. The van der Waals surface area contributed by atoms with E-state index in [1.54, 1.807) is 0 Å². The van der Waals surface area contributed by atoms with Crippen LogP contribution in [-0.2, 0) is 0 Å². The maximum atomic E-state index is 4.40. The number of pyridine rings is 1. The summed E-state index contributed by atoms with van der Waals surface area (Å²) in [5, 5.41) is 5.62. The standard InChI is InChI=1S/C12H11N3/c1-2-4-10-9(3-1)5-6-13-11(10)12-14-7-8-15-12/h1-6H,7-8H2,(H,14,15). The van der Waals surface area contributed by atoms with Gasteiger partial charge in [-0.3, -0.25) is 9.98 Å². The van der Waals surface area contributed by atoms with E-state index in [4.69, 9.17) is 0 Å². The molecule has 3 nitrogen and oxygen atoms in total. The van der Waals surface area contributed by atoms with Gasteiger partial charge in [-0.2, -0.15) is 0 Å². The Balaban J connectivity index is 2.26. The lowest BCUT2D eigenvalue weighted by molar-refractivity contribution is 0.959. The quantitative estimate of drug-likeness (QED) is 0.753. The lowest BCUT2D eigenvalue weighted by Gasteiger charge is -2.05. The van der Waals surface area contributed by atoms with Gasteiger partial charge in [0.15, 0.2) is 0 Å². The third kappa shape index (κ3) is 1.36. The molecule has 0 fully saturated rings. The van der Waals surface area contributed by atoms with E-state index in [-0.39, 0.29) is 0 Å². The number of benzene rings is 1. The van der Waals surface area contributed by atoms with Gasteiger partial charge in [0.05, 0.1) is 6.54 Å². The topological polar surface area (TPSA) is 37.3 Å². The Morgan fingerprint density at radius 3 is 2.93 bits per heavy atom. The molecule has 3 heteroatoms. The SMILES string of the molecule is c1ccc2c(C3=NCCN3)nccc2c1. The fourth-order valence-electron chi connectivity index (χ4n) is 1.86. The number of hydrogen-bond acceptors (Lipinski definition) is 3. The van der Waals surface area contributed by atoms with Gasteiger partial charge in [0.25, 0.3) is 0 Å². The van der Waals surface area contributed by atoms with Crippen LogP contribution >= 0.6 is 0 Å². The minimum atomic E-state index is 0.847. The molecule has 0 spiro atoms. The van der Waals surface area contributed by atoms with Gasteiger partial charge in [0.1, 0.15) is 11.5 Å². The molecule has 1 aliphatic rings. The highest BCUT2D eigenvalue weighted by Crippen LogP contribution is 2.16. The van der Waals surface area contributed by atoms with Crippen molar-refractivity contribution in [2.45, 2.75) is 0 Å². The molecule has 0 amide bonds. The van der Waals surface area contributed by atoms with Crippen molar-refractivity contribution in [2.24, 2.45) is 4.99 Å². The number of nitrogens with zero attached hydrogens (tertiary/aromatic N) is 2. The number of amidine groups is 1. The van der Waals surface area contributed by atoms with Crippen LogP contribution in [0.15, 0.2) is 41.5 Å². The lowest BCUT2D eigenvalue weighted by Crippen LogP contribution is -2.20. The third-order valence-electron chi connectivity index (χ3n) is 2.57. The lowest BCUT2D eigenvalue weighted by atomic mass is 10.1. The van der Waals surface area contributed by atoms with E-state index in [9.17, 15) is 0 Å². The van der Waals surface area contributed by atoms with Crippen LogP contribution in [-0.4, -0.2) is 23.9 Å². The average Bonchev–Trinajstić information content (AvgIpc) is 2.82. The molecule has 0 saturated carbocycles. The Morgan fingerprint density at radius 2 is 2.07 bits per heavy atom. The molecule has 0 unspecified atom stereocenters. The maximum absolute atomic E-state index is 4.40. The molecule has 0 atom stereocenters. The molecule has 1 aromatic heterocycles. The summed E-state index contributed by atoms with van der Waals surface area (Å²) in [6.45, 7) is 1.76. The largest absolute Gasteiger partial charge is 0.367 e. The highest BCUT2D eigenvalue weighted by atomic mass is 15.1. The molecule has 0 bridgehead atoms. The van der Waals surface area contributed by atoms with Crippen molar-refractivity contribution in [3.8, 4) is 0 Å². The van der Waals surface area contributed by atoms with E-state index in [0.29, 0.717) is 0 Å². The van der Waals surface area contributed by atoms with E-state index in [1.165, 1.54) is 5.39 Å². The number of nitrogens with one attached hydrogen (secondary N) is 1. The average molecular weight is 197 g/mol. The predicted molar refractivity (Wildman–Crippen MR) is 61.1 cm³/mol. The summed E-state index contributed by atoms with van der Waals surface area (Å²) in [6, 6.07) is 10.3. The van der Waals surface area contributed by atoms with Crippen molar-refractivity contribution in [3.05, 3.63) is 42.2 Å². The third-order valence-corrected chi connectivity index (χ3v) is 2.57. The molecule has 2 heterocycles. The van der Waals surface area contributed by atoms with Crippen molar-refractivity contribution in [1.82, 2.24) is 10.3 Å². The highest BCUT2D eigenvalue weighted by Gasteiger charge is 2.11. The maximum Gasteiger partial charge on any atom is 0.148 e. The van der Waals surface area contributed by atoms with Crippen LogP contribution in [0.3, 0.4) is 0 Å². The molecule has 3 rings (SSSR count). The molecule has 0 radical (unpaired) electrons. The molecule has 74 valence electrons. The van der Waals surface area contributed by atoms with Gasteiger partial charge in [0.2, 0.25) is 0 Å². The molecular formula is C12H11N3. The second-order valence-electron chi connectivity index (χ2n) is 3.54. The number of hydrogen-bond donors (Lipinski definition) is 1. The first-order valence-electron chi connectivity index (χ1n) is 5.07. The Kier molecular flexibility index (Phi) is 1.88. The molecular weight excluding hydrogens is 186 g/mol. The summed E-state index contributed by atoms with van der Waals surface area (Å²) >= 11 is 0. The van der Waals surface area contributed by atoms with E-state index >= 15 is 0 Å². The van der Waals surface area contributed by atoms with Gasteiger partial charge < -0.3 is 5.32 Å². The minimum Gasteiger partial charge on any atom is -0.367 e. The Hall–Kier alpha value is -1.90. The minimum absolute atomic E-state index is 0.847. The Morgan fingerprint density at radius 1 is 1.13 bits per heavy atom. The number of aliphatic imine (C=N–C) groups is 1. The zero-order valence-electron chi connectivity index (χ0n) is 8.27. The smallest absolute Gasteiger partial charge is 0.148 e. The van der Waals surface area contributed by atoms with Gasteiger partial charge in [-0.1, -0.05) is 24.3 Å². The molecule has 0 saturated heterocycles. The van der Waals surface area contributed by atoms with Crippen LogP contribution in [0.5, 0.6) is 0 Å². The molecule has 1 aliphatic heterocycles. The fourth-order valence-corrected chi connectivity index (χ4v) is 1.86. The molecule has 0 aliphatic carbocycles. The normalized spacial score (nSPS) is 15.1. The van der Waals surface area contributed by atoms with Crippen molar-refractivity contribution in [2.75, 3.05) is 13.1 Å². The summed E-state index contributed by atoms with van der Waals surface area (Å²) in [5.74, 6) is 0.923. The van der Waals surface area contributed by atoms with Gasteiger partial charge in [-0.25, -0.2) is 0 Å². The number of fused-ring (bicyclic) bond motifs is 1. The zero-order chi connectivity index (χ0) is 10.1. The van der Waals surface area contributed by atoms with E-state index in [2.05, 4.69) is 27.4 Å². The summed E-state index contributed by atoms with van der Waals surface area (Å²) in [7, 11) is 0. The number of rotatable bonds is 1. The summed E-state index contributed by atoms with van der Waals surface area (Å²) < 4.78 is 0. The summed E-state index contributed by atoms with van der Waals surface area (Å²) in [4.78, 5) is 8.79. The van der Waals surface area contributed by atoms with Crippen molar-refractivity contribution in [3.63, 3.8) is 0 Å². The molecule has 1 aromatic carbocycles. The molecule has 1 N–H and O–H groups in total. The molecule has 2 aromatic rings. The van der Waals surface area contributed by atoms with Crippen LogP contribution in [0.4, 0.5) is 0 Å². The molecule has 15 heavy (non-hydrogen) atoms. The van der Waals surface area contributed by atoms with Gasteiger partial charge in [0, 0.05) is 18.1 Å². The zero-order valence-corrected chi connectivity index (χ0v) is 8.27. The Labute approximate surface area is 87.9 Å². The second kappa shape index (κ2) is 3.35. The van der Waals surface area contributed by atoms with E-state index in [1.807, 2.05) is 24.4 Å². The van der Waals surface area contributed by atoms with Crippen LogP contribution in [0.1, 0.15) is 5.69 Å². The van der Waals surface area contributed by atoms with Crippen LogP contribution in [0, 0.1) is 0 Å². The summed E-state index contributed by atoms with van der Waals surface area (Å²) in [5.41, 5.74) is 0.964. The van der Waals surface area contributed by atoms with Crippen LogP contribution in [0.25, 0.3) is 10.8 Å². The Bertz CT molecular complexity index is 526. The van der Waals surface area contributed by atoms with Crippen LogP contribution in [0.2, 0.25) is 0 Å². The van der Waals surface area contributed by atoms with Gasteiger partial charge >= 0.3 is 0 Å². The van der Waals surface area contributed by atoms with Crippen molar-refractivity contribution >= 4 is 16.6 Å².